The molecule has 1 atom stereocenters. The smallest absolute Gasteiger partial charge is 0.232 e. The van der Waals surface area contributed by atoms with Crippen LogP contribution in [0.25, 0.3) is 0 Å². The minimum atomic E-state index is -3.63. The highest BCUT2D eigenvalue weighted by atomic mass is 32.2. The van der Waals surface area contributed by atoms with Crippen LogP contribution in [0.2, 0.25) is 0 Å². The number of aromatic nitrogens is 3. The third-order valence-corrected chi connectivity index (χ3v) is 8.77. The molecule has 0 unspecified atom stereocenters. The highest BCUT2D eigenvalue weighted by Crippen LogP contribution is 2.47. The first kappa shape index (κ1) is 21.3. The van der Waals surface area contributed by atoms with Crippen LogP contribution in [-0.2, 0) is 21.8 Å². The lowest BCUT2D eigenvalue weighted by Gasteiger charge is -2.46. The molecule has 9 nitrogen and oxygen atoms in total. The molecule has 3 heterocycles. The summed E-state index contributed by atoms with van der Waals surface area (Å²) in [6, 6.07) is 1.37. The van der Waals surface area contributed by atoms with Crippen molar-refractivity contribution < 1.29 is 22.3 Å². The molecule has 0 radical (unpaired) electrons. The van der Waals surface area contributed by atoms with Crippen LogP contribution in [0.15, 0.2) is 29.6 Å². The molecule has 164 valence electrons. The largest absolute Gasteiger partial charge is 0.480 e. The van der Waals surface area contributed by atoms with E-state index in [1.54, 1.807) is 0 Å². The second-order valence-corrected chi connectivity index (χ2v) is 10.4. The van der Waals surface area contributed by atoms with E-state index in [1.165, 1.54) is 32.5 Å². The molecule has 11 heteroatoms. The summed E-state index contributed by atoms with van der Waals surface area (Å²) in [5.41, 5.74) is 5.08. The van der Waals surface area contributed by atoms with Crippen LogP contribution in [-0.4, -0.2) is 52.6 Å². The van der Waals surface area contributed by atoms with E-state index in [0.717, 1.165) is 12.6 Å². The number of amidine groups is 1. The molecule has 1 spiro atoms. The Labute approximate surface area is 178 Å². The van der Waals surface area contributed by atoms with E-state index in [4.69, 9.17) is 10.5 Å². The lowest BCUT2D eigenvalue weighted by Crippen LogP contribution is -2.61. The number of ketones is 1. The van der Waals surface area contributed by atoms with Gasteiger partial charge in [-0.15, -0.1) is 0 Å². The van der Waals surface area contributed by atoms with Gasteiger partial charge in [-0.05, 0) is 32.3 Å². The molecular formula is C20H22FN5O4S. The SMILES string of the molecule is COc1cnc(C(=O)Cc2cc([C@@]3(C)CS(=O)(=O)C4(CCC4)C(N)=N3)c(F)cn2)cn1. The number of methoxy groups -OCH3 is 1. The summed E-state index contributed by atoms with van der Waals surface area (Å²) in [6.07, 6.45) is 5.03. The first-order valence-corrected chi connectivity index (χ1v) is 11.4. The summed E-state index contributed by atoms with van der Waals surface area (Å²) in [5.74, 6) is -1.16. The fraction of sp³-hybridized carbons (Fsp3) is 0.450. The molecule has 2 aromatic heterocycles. The Kier molecular flexibility index (Phi) is 5.03. The molecule has 0 bridgehead atoms. The number of rotatable bonds is 5. The molecule has 1 aliphatic heterocycles. The van der Waals surface area contributed by atoms with Crippen LogP contribution in [0.5, 0.6) is 5.88 Å². The van der Waals surface area contributed by atoms with E-state index in [9.17, 15) is 17.6 Å². The van der Waals surface area contributed by atoms with Crippen LogP contribution in [0, 0.1) is 5.82 Å². The fourth-order valence-electron chi connectivity index (χ4n) is 4.08. The first-order valence-electron chi connectivity index (χ1n) is 9.72. The van der Waals surface area contributed by atoms with Gasteiger partial charge in [0.15, 0.2) is 15.6 Å². The highest BCUT2D eigenvalue weighted by molar-refractivity contribution is 7.93. The van der Waals surface area contributed by atoms with Gasteiger partial charge in [-0.25, -0.2) is 22.8 Å². The lowest BCUT2D eigenvalue weighted by atomic mass is 9.82. The van der Waals surface area contributed by atoms with Crippen molar-refractivity contribution in [3.63, 3.8) is 0 Å². The zero-order valence-electron chi connectivity index (χ0n) is 17.1. The van der Waals surface area contributed by atoms with Crippen molar-refractivity contribution in [2.24, 2.45) is 10.7 Å². The van der Waals surface area contributed by atoms with Gasteiger partial charge < -0.3 is 10.5 Å². The maximum atomic E-state index is 14.7. The summed E-state index contributed by atoms with van der Waals surface area (Å²) >= 11 is 0. The molecule has 0 saturated heterocycles. The van der Waals surface area contributed by atoms with E-state index < -0.39 is 25.9 Å². The quantitative estimate of drug-likeness (QED) is 0.679. The zero-order chi connectivity index (χ0) is 22.4. The highest BCUT2D eigenvalue weighted by Gasteiger charge is 2.58. The van der Waals surface area contributed by atoms with Crippen molar-refractivity contribution in [1.82, 2.24) is 15.0 Å². The molecule has 0 aromatic carbocycles. The number of nitrogens with zero attached hydrogens (tertiary/aromatic N) is 4. The molecule has 31 heavy (non-hydrogen) atoms. The van der Waals surface area contributed by atoms with Crippen molar-refractivity contribution in [1.29, 1.82) is 0 Å². The van der Waals surface area contributed by atoms with E-state index in [1.807, 2.05) is 0 Å². The van der Waals surface area contributed by atoms with Gasteiger partial charge in [0.05, 0.1) is 37.9 Å². The summed E-state index contributed by atoms with van der Waals surface area (Å²) in [7, 11) is -2.20. The number of hydrogen-bond acceptors (Lipinski definition) is 9. The Morgan fingerprint density at radius 2 is 1.97 bits per heavy atom. The summed E-state index contributed by atoms with van der Waals surface area (Å²) in [6.45, 7) is 1.53. The third-order valence-electron chi connectivity index (χ3n) is 6.02. The fourth-order valence-corrected chi connectivity index (χ4v) is 6.59. The molecule has 0 amide bonds. The number of sulfone groups is 1. The number of ether oxygens (including phenoxy) is 1. The van der Waals surface area contributed by atoms with Gasteiger partial charge in [0.25, 0.3) is 0 Å². The van der Waals surface area contributed by atoms with Gasteiger partial charge in [-0.2, -0.15) is 0 Å². The summed E-state index contributed by atoms with van der Waals surface area (Å²) in [4.78, 5) is 28.9. The Morgan fingerprint density at radius 1 is 1.23 bits per heavy atom. The van der Waals surface area contributed by atoms with Crippen molar-refractivity contribution >= 4 is 21.5 Å². The minimum absolute atomic E-state index is 0.0230. The number of nitrogens with two attached hydrogens (primary N) is 1. The molecule has 1 fully saturated rings. The number of carbonyl (C=O) groups is 1. The monoisotopic (exact) mass is 447 g/mol. The van der Waals surface area contributed by atoms with Gasteiger partial charge in [0.1, 0.15) is 27.6 Å². The lowest BCUT2D eigenvalue weighted by molar-refractivity contribution is 0.0986. The number of halogens is 1. The molecule has 1 saturated carbocycles. The number of aliphatic imine (C=N–C) groups is 1. The van der Waals surface area contributed by atoms with E-state index in [2.05, 4.69) is 19.9 Å². The van der Waals surface area contributed by atoms with Gasteiger partial charge >= 0.3 is 0 Å². The molecule has 1 aliphatic carbocycles. The van der Waals surface area contributed by atoms with E-state index in [0.29, 0.717) is 12.8 Å². The average Bonchev–Trinajstić information content (AvgIpc) is 2.67. The van der Waals surface area contributed by atoms with Gasteiger partial charge in [-0.3, -0.25) is 14.8 Å². The second-order valence-electron chi connectivity index (χ2n) is 8.08. The van der Waals surface area contributed by atoms with Crippen molar-refractivity contribution in [3.05, 3.63) is 47.4 Å². The number of pyridine rings is 1. The first-order chi connectivity index (χ1) is 14.6. The standard InChI is InChI=1S/C20H22FN5O4S/c1-19(11-31(28,29)20(4-3-5-20)18(22)26-19)13-6-12(23-8-14(13)21)7-16(27)15-9-25-17(30-2)10-24-15/h6,8-10H,3-5,7,11H2,1-2H3,(H2,22,26)/t19-/m1/s1. The second kappa shape index (κ2) is 7.33. The van der Waals surface area contributed by atoms with Crippen LogP contribution in [0.4, 0.5) is 4.39 Å². The summed E-state index contributed by atoms with van der Waals surface area (Å²) in [5, 5.41) is 0. The van der Waals surface area contributed by atoms with Crippen LogP contribution < -0.4 is 10.5 Å². The van der Waals surface area contributed by atoms with Crippen LogP contribution in [0.3, 0.4) is 0 Å². The molecule has 2 aromatic rings. The molecule has 2 N–H and O–H groups in total. The van der Waals surface area contributed by atoms with Crippen molar-refractivity contribution in [2.75, 3.05) is 12.9 Å². The molecular weight excluding hydrogens is 425 g/mol. The molecule has 4 rings (SSSR count). The van der Waals surface area contributed by atoms with E-state index in [-0.39, 0.29) is 46.6 Å². The van der Waals surface area contributed by atoms with Gasteiger partial charge in [0.2, 0.25) is 5.88 Å². The molecule has 2 aliphatic rings. The predicted molar refractivity (Wildman–Crippen MR) is 110 cm³/mol. The number of hydrogen-bond donors (Lipinski definition) is 1. The van der Waals surface area contributed by atoms with Crippen LogP contribution in [0.1, 0.15) is 47.9 Å². The zero-order valence-corrected chi connectivity index (χ0v) is 17.9. The Hall–Kier alpha value is -2.95. The predicted octanol–water partition coefficient (Wildman–Crippen LogP) is 1.37. The average molecular weight is 447 g/mol. The Morgan fingerprint density at radius 3 is 2.52 bits per heavy atom. The topological polar surface area (TPSA) is 137 Å². The van der Waals surface area contributed by atoms with Crippen LogP contribution >= 0.6 is 0 Å². The number of carbonyl (C=O) groups excluding carboxylic acids is 1. The normalized spacial score (nSPS) is 23.6. The Balaban J connectivity index is 1.65. The Bertz CT molecular complexity index is 1180. The van der Waals surface area contributed by atoms with E-state index >= 15 is 0 Å². The third kappa shape index (κ3) is 3.46. The van der Waals surface area contributed by atoms with Gasteiger partial charge in [-0.1, -0.05) is 0 Å². The van der Waals surface area contributed by atoms with Gasteiger partial charge in [0, 0.05) is 11.3 Å². The van der Waals surface area contributed by atoms with Crippen molar-refractivity contribution in [3.8, 4) is 5.88 Å². The minimum Gasteiger partial charge on any atom is -0.480 e. The maximum Gasteiger partial charge on any atom is 0.232 e. The van der Waals surface area contributed by atoms with Crippen molar-refractivity contribution in [2.45, 2.75) is 42.9 Å². The summed E-state index contributed by atoms with van der Waals surface area (Å²) < 4.78 is 44.6. The maximum absolute atomic E-state index is 14.7. The number of Topliss-reactive ketones (excluding diaryl/α,β-unsaturated/α-hetero) is 1.